The number of nitrogens with zero attached hydrogens (tertiary/aromatic N) is 3. The van der Waals surface area contributed by atoms with Crippen molar-refractivity contribution >= 4 is 29.9 Å². The van der Waals surface area contributed by atoms with Gasteiger partial charge in [-0.1, -0.05) is 12.1 Å². The zero-order valence-electron chi connectivity index (χ0n) is 15.5. The Labute approximate surface area is 168 Å². The number of guanidine groups is 1. The topological polar surface area (TPSA) is 41.8 Å². The summed E-state index contributed by atoms with van der Waals surface area (Å²) in [6, 6.07) is 12.5. The van der Waals surface area contributed by atoms with E-state index in [1.54, 1.807) is 7.11 Å². The third-order valence-electron chi connectivity index (χ3n) is 4.11. The highest BCUT2D eigenvalue weighted by atomic mass is 127. The van der Waals surface area contributed by atoms with E-state index in [1.807, 2.05) is 19.2 Å². The first-order chi connectivity index (χ1) is 11.6. The number of ether oxygens (including phenoxy) is 1. The molecule has 0 bridgehead atoms. The molecule has 2 rings (SSSR count). The molecular formula is C19H29IN4O. The highest BCUT2D eigenvalue weighted by molar-refractivity contribution is 14.0. The second-order valence-electron chi connectivity index (χ2n) is 5.89. The largest absolute Gasteiger partial charge is 0.497 e. The summed E-state index contributed by atoms with van der Waals surface area (Å²) in [4.78, 5) is 6.51. The molecule has 0 fully saturated rings. The van der Waals surface area contributed by atoms with Gasteiger partial charge < -0.3 is 19.5 Å². The van der Waals surface area contributed by atoms with Crippen molar-refractivity contribution in [3.8, 4) is 5.75 Å². The Morgan fingerprint density at radius 3 is 2.52 bits per heavy atom. The van der Waals surface area contributed by atoms with Crippen LogP contribution in [0, 0.1) is 0 Å². The molecular weight excluding hydrogens is 427 g/mol. The zero-order chi connectivity index (χ0) is 17.4. The number of benzene rings is 1. The first kappa shape index (κ1) is 21.3. The number of halogens is 1. The summed E-state index contributed by atoms with van der Waals surface area (Å²) in [5.74, 6) is 1.82. The van der Waals surface area contributed by atoms with Crippen molar-refractivity contribution in [3.63, 3.8) is 0 Å². The molecule has 1 heterocycles. The molecule has 0 aliphatic rings. The number of rotatable bonds is 7. The van der Waals surface area contributed by atoms with Crippen LogP contribution in [0.3, 0.4) is 0 Å². The lowest BCUT2D eigenvalue weighted by Crippen LogP contribution is -2.39. The Morgan fingerprint density at radius 2 is 1.96 bits per heavy atom. The van der Waals surface area contributed by atoms with E-state index in [2.05, 4.69) is 64.3 Å². The van der Waals surface area contributed by atoms with Crippen LogP contribution >= 0.6 is 24.0 Å². The Kier molecular flexibility index (Phi) is 9.41. The van der Waals surface area contributed by atoms with Gasteiger partial charge in [-0.15, -0.1) is 24.0 Å². The van der Waals surface area contributed by atoms with Crippen LogP contribution in [-0.2, 0) is 20.0 Å². The Balaban J connectivity index is 0.00000312. The second kappa shape index (κ2) is 11.0. The summed E-state index contributed by atoms with van der Waals surface area (Å²) < 4.78 is 7.32. The van der Waals surface area contributed by atoms with E-state index < -0.39 is 0 Å². The molecule has 0 saturated heterocycles. The lowest BCUT2D eigenvalue weighted by molar-refractivity contribution is 0.414. The summed E-state index contributed by atoms with van der Waals surface area (Å²) >= 11 is 0. The number of hydrogen-bond donors (Lipinski definition) is 1. The van der Waals surface area contributed by atoms with Crippen LogP contribution in [0.1, 0.15) is 17.7 Å². The van der Waals surface area contributed by atoms with Gasteiger partial charge in [-0.3, -0.25) is 4.99 Å². The van der Waals surface area contributed by atoms with E-state index in [-0.39, 0.29) is 24.0 Å². The molecule has 1 N–H and O–H groups in total. The van der Waals surface area contributed by atoms with Gasteiger partial charge in [-0.25, -0.2) is 0 Å². The molecule has 1 aromatic heterocycles. The second-order valence-corrected chi connectivity index (χ2v) is 5.89. The molecule has 0 atom stereocenters. The van der Waals surface area contributed by atoms with E-state index in [4.69, 9.17) is 4.74 Å². The van der Waals surface area contributed by atoms with E-state index in [9.17, 15) is 0 Å². The van der Waals surface area contributed by atoms with Crippen LogP contribution in [0.15, 0.2) is 47.6 Å². The maximum atomic E-state index is 5.18. The molecule has 25 heavy (non-hydrogen) atoms. The lowest BCUT2D eigenvalue weighted by Gasteiger charge is -2.22. The minimum Gasteiger partial charge on any atom is -0.497 e. The molecule has 0 amide bonds. The van der Waals surface area contributed by atoms with Crippen molar-refractivity contribution in [2.24, 2.45) is 12.0 Å². The van der Waals surface area contributed by atoms with Gasteiger partial charge in [0.1, 0.15) is 5.75 Å². The van der Waals surface area contributed by atoms with Crippen LogP contribution in [0.25, 0.3) is 0 Å². The van der Waals surface area contributed by atoms with E-state index in [0.29, 0.717) is 0 Å². The molecule has 6 heteroatoms. The Morgan fingerprint density at radius 1 is 1.24 bits per heavy atom. The van der Waals surface area contributed by atoms with Crippen LogP contribution in [0.2, 0.25) is 0 Å². The van der Waals surface area contributed by atoms with Crippen molar-refractivity contribution in [2.45, 2.75) is 19.4 Å². The van der Waals surface area contributed by atoms with Crippen LogP contribution in [0.4, 0.5) is 0 Å². The average Bonchev–Trinajstić information content (AvgIpc) is 3.00. The van der Waals surface area contributed by atoms with Crippen LogP contribution in [0.5, 0.6) is 5.75 Å². The predicted octanol–water partition coefficient (Wildman–Crippen LogP) is 3.29. The van der Waals surface area contributed by atoms with Gasteiger partial charge in [0.25, 0.3) is 0 Å². The molecule has 0 saturated carbocycles. The van der Waals surface area contributed by atoms with Crippen molar-refractivity contribution in [1.82, 2.24) is 14.8 Å². The van der Waals surface area contributed by atoms with Gasteiger partial charge in [0.15, 0.2) is 5.96 Å². The van der Waals surface area contributed by atoms with Crippen molar-refractivity contribution in [1.29, 1.82) is 0 Å². The first-order valence-corrected chi connectivity index (χ1v) is 8.29. The monoisotopic (exact) mass is 456 g/mol. The number of aromatic nitrogens is 1. The van der Waals surface area contributed by atoms with Gasteiger partial charge in [-0.05, 0) is 42.7 Å². The third-order valence-corrected chi connectivity index (χ3v) is 4.11. The normalized spacial score (nSPS) is 11.0. The third kappa shape index (κ3) is 6.61. The Hall–Kier alpha value is -1.70. The highest BCUT2D eigenvalue weighted by Gasteiger charge is 2.07. The maximum absolute atomic E-state index is 5.18. The molecule has 5 nitrogen and oxygen atoms in total. The minimum absolute atomic E-state index is 0. The van der Waals surface area contributed by atoms with E-state index in [1.165, 1.54) is 11.3 Å². The number of nitrogens with one attached hydrogen (secondary N) is 1. The predicted molar refractivity (Wildman–Crippen MR) is 115 cm³/mol. The molecule has 1 aromatic carbocycles. The number of hydrogen-bond acceptors (Lipinski definition) is 2. The molecule has 138 valence electrons. The fraction of sp³-hybridized carbons (Fsp3) is 0.421. The van der Waals surface area contributed by atoms with Crippen molar-refractivity contribution < 1.29 is 4.74 Å². The fourth-order valence-electron chi connectivity index (χ4n) is 2.65. The van der Waals surface area contributed by atoms with Crippen LogP contribution in [-0.4, -0.2) is 43.2 Å². The molecule has 0 unspecified atom stereocenters. The molecule has 0 spiro atoms. The first-order valence-electron chi connectivity index (χ1n) is 8.29. The number of aryl methyl sites for hydroxylation is 2. The SMILES string of the molecule is CN=C(NCCCc1ccc(OC)cc1)N(C)Cc1cccn1C.I. The summed E-state index contributed by atoms with van der Waals surface area (Å²) in [5.41, 5.74) is 2.59. The number of aliphatic imine (C=N–C) groups is 1. The molecule has 0 aliphatic heterocycles. The summed E-state index contributed by atoms with van der Waals surface area (Å²) in [7, 11) is 7.64. The quantitative estimate of drug-likeness (QED) is 0.301. The highest BCUT2D eigenvalue weighted by Crippen LogP contribution is 2.12. The minimum atomic E-state index is 0. The van der Waals surface area contributed by atoms with Crippen LogP contribution < -0.4 is 10.1 Å². The van der Waals surface area contributed by atoms with Crippen molar-refractivity contribution in [2.75, 3.05) is 27.7 Å². The van der Waals surface area contributed by atoms with Gasteiger partial charge >= 0.3 is 0 Å². The maximum Gasteiger partial charge on any atom is 0.193 e. The standard InChI is InChI=1S/C19H28N4O.HI/c1-20-19(23(3)15-17-8-6-14-22(17)2)21-13-5-7-16-9-11-18(24-4)12-10-16;/h6,8-12,14H,5,7,13,15H2,1-4H3,(H,20,21);1H. The Bertz CT molecular complexity index is 652. The van der Waals surface area contributed by atoms with Gasteiger partial charge in [0.05, 0.1) is 13.7 Å². The summed E-state index contributed by atoms with van der Waals surface area (Å²) in [6.45, 7) is 1.73. The van der Waals surface area contributed by atoms with Crippen molar-refractivity contribution in [3.05, 3.63) is 53.9 Å². The average molecular weight is 456 g/mol. The lowest BCUT2D eigenvalue weighted by atomic mass is 10.1. The van der Waals surface area contributed by atoms with E-state index in [0.717, 1.165) is 37.6 Å². The van der Waals surface area contributed by atoms with Gasteiger partial charge in [-0.2, -0.15) is 0 Å². The zero-order valence-corrected chi connectivity index (χ0v) is 17.9. The van der Waals surface area contributed by atoms with Gasteiger partial charge in [0, 0.05) is 39.6 Å². The summed E-state index contributed by atoms with van der Waals surface area (Å²) in [5, 5.41) is 3.44. The molecule has 2 aromatic rings. The number of methoxy groups -OCH3 is 1. The smallest absolute Gasteiger partial charge is 0.193 e. The van der Waals surface area contributed by atoms with Gasteiger partial charge in [0.2, 0.25) is 0 Å². The molecule has 0 radical (unpaired) electrons. The molecule has 0 aliphatic carbocycles. The summed E-state index contributed by atoms with van der Waals surface area (Å²) in [6.07, 6.45) is 4.16. The van der Waals surface area contributed by atoms with E-state index >= 15 is 0 Å². The fourth-order valence-corrected chi connectivity index (χ4v) is 2.65.